The molecule has 4 aromatic rings. The molecule has 7 heteroatoms. The molecule has 0 aliphatic heterocycles. The molecule has 2 heterocycles. The van der Waals surface area contributed by atoms with Crippen molar-refractivity contribution in [3.05, 3.63) is 65.6 Å². The van der Waals surface area contributed by atoms with Crippen LogP contribution in [-0.2, 0) is 0 Å². The van der Waals surface area contributed by atoms with Gasteiger partial charge in [0.1, 0.15) is 23.3 Å². The van der Waals surface area contributed by atoms with E-state index in [1.807, 2.05) is 6.07 Å². The summed E-state index contributed by atoms with van der Waals surface area (Å²) in [5.74, 6) is 1.27. The second-order valence-corrected chi connectivity index (χ2v) is 10.1. The highest BCUT2D eigenvalue weighted by Gasteiger charge is 2.41. The minimum atomic E-state index is -0.665. The maximum Gasteiger partial charge on any atom is 0.164 e. The topological polar surface area (TPSA) is 53.6 Å². The second kappa shape index (κ2) is 8.40. The molecule has 180 valence electrons. The van der Waals surface area contributed by atoms with Gasteiger partial charge in [0.05, 0.1) is 11.2 Å². The summed E-state index contributed by atoms with van der Waals surface area (Å²) in [5.41, 5.74) is 2.62. The number of hydrogen-bond acceptors (Lipinski definition) is 3. The summed E-state index contributed by atoms with van der Waals surface area (Å²) in [7, 11) is 0. The zero-order valence-electron chi connectivity index (χ0n) is 19.7. The van der Waals surface area contributed by atoms with E-state index < -0.39 is 11.6 Å². The van der Waals surface area contributed by atoms with Crippen molar-refractivity contribution in [2.24, 2.45) is 17.8 Å². The average molecular weight is 477 g/mol. The van der Waals surface area contributed by atoms with E-state index in [9.17, 15) is 13.2 Å². The maximum atomic E-state index is 14.4. The van der Waals surface area contributed by atoms with Crippen molar-refractivity contribution in [3.8, 4) is 22.6 Å². The highest BCUT2D eigenvalue weighted by Crippen LogP contribution is 2.46. The number of benzene rings is 2. The van der Waals surface area contributed by atoms with Gasteiger partial charge in [0.15, 0.2) is 5.82 Å². The molecule has 0 unspecified atom stereocenters. The first-order chi connectivity index (χ1) is 16.9. The van der Waals surface area contributed by atoms with E-state index in [4.69, 9.17) is 9.97 Å². The van der Waals surface area contributed by atoms with Gasteiger partial charge >= 0.3 is 0 Å². The van der Waals surface area contributed by atoms with Crippen LogP contribution in [0.2, 0.25) is 0 Å². The largest absolute Gasteiger partial charge is 0.367 e. The molecule has 2 bridgehead atoms. The van der Waals surface area contributed by atoms with Crippen molar-refractivity contribution in [2.75, 3.05) is 5.32 Å². The number of anilines is 1. The number of fused-ring (bicyclic) bond motifs is 4. The molecule has 3 aliphatic carbocycles. The SMILES string of the molecule is Cc1cc(-c2cc(N[C@@H]3C4CCC(CC4)[C@H]3C)nc(-c3c[nH]c4c(F)cc(F)cc34)n2)ccc1F. The van der Waals surface area contributed by atoms with Crippen LogP contribution in [-0.4, -0.2) is 21.0 Å². The van der Waals surface area contributed by atoms with E-state index in [1.165, 1.54) is 37.8 Å². The lowest BCUT2D eigenvalue weighted by Crippen LogP contribution is -2.47. The van der Waals surface area contributed by atoms with Crippen LogP contribution in [0.15, 0.2) is 42.6 Å². The van der Waals surface area contributed by atoms with Crippen molar-refractivity contribution in [1.82, 2.24) is 15.0 Å². The molecule has 2 aromatic carbocycles. The number of rotatable bonds is 4. The molecule has 0 saturated heterocycles. The summed E-state index contributed by atoms with van der Waals surface area (Å²) in [6, 6.07) is 9.22. The molecular weight excluding hydrogens is 449 g/mol. The molecule has 4 nitrogen and oxygen atoms in total. The molecule has 2 N–H and O–H groups in total. The van der Waals surface area contributed by atoms with E-state index in [-0.39, 0.29) is 11.3 Å². The van der Waals surface area contributed by atoms with Crippen LogP contribution in [0.25, 0.3) is 33.5 Å². The predicted molar refractivity (Wildman–Crippen MR) is 131 cm³/mol. The van der Waals surface area contributed by atoms with Gasteiger partial charge in [0, 0.05) is 40.9 Å². The van der Waals surface area contributed by atoms with Gasteiger partial charge < -0.3 is 10.3 Å². The van der Waals surface area contributed by atoms with Crippen LogP contribution in [0.1, 0.15) is 38.2 Å². The van der Waals surface area contributed by atoms with Crippen molar-refractivity contribution < 1.29 is 13.2 Å². The Balaban J connectivity index is 1.48. The fourth-order valence-electron chi connectivity index (χ4n) is 6.11. The fraction of sp³-hybridized carbons (Fsp3) is 0.357. The Kier molecular flexibility index (Phi) is 5.31. The third-order valence-corrected chi connectivity index (χ3v) is 8.08. The Morgan fingerprint density at radius 1 is 0.914 bits per heavy atom. The summed E-state index contributed by atoms with van der Waals surface area (Å²) in [5, 5.41) is 4.07. The highest BCUT2D eigenvalue weighted by atomic mass is 19.1. The fourth-order valence-corrected chi connectivity index (χ4v) is 6.11. The smallest absolute Gasteiger partial charge is 0.164 e. The molecule has 0 radical (unpaired) electrons. The Labute approximate surface area is 202 Å². The van der Waals surface area contributed by atoms with Crippen molar-refractivity contribution in [3.63, 3.8) is 0 Å². The number of aryl methyl sites for hydroxylation is 1. The summed E-state index contributed by atoms with van der Waals surface area (Å²) in [4.78, 5) is 12.4. The normalized spacial score (nSPS) is 23.7. The van der Waals surface area contributed by atoms with Gasteiger partial charge in [-0.3, -0.25) is 0 Å². The zero-order chi connectivity index (χ0) is 24.3. The Bertz CT molecular complexity index is 1420. The van der Waals surface area contributed by atoms with Crippen LogP contribution in [0.3, 0.4) is 0 Å². The quantitative estimate of drug-likeness (QED) is 0.326. The summed E-state index contributed by atoms with van der Waals surface area (Å²) >= 11 is 0. The molecule has 3 fully saturated rings. The van der Waals surface area contributed by atoms with Crippen molar-refractivity contribution >= 4 is 16.7 Å². The van der Waals surface area contributed by atoms with Gasteiger partial charge in [-0.05, 0) is 80.2 Å². The maximum absolute atomic E-state index is 14.4. The number of nitrogens with one attached hydrogen (secondary N) is 2. The van der Waals surface area contributed by atoms with E-state index in [2.05, 4.69) is 17.2 Å². The van der Waals surface area contributed by atoms with E-state index in [1.54, 1.807) is 25.3 Å². The summed E-state index contributed by atoms with van der Waals surface area (Å²) in [6.07, 6.45) is 6.61. The van der Waals surface area contributed by atoms with Crippen LogP contribution in [0, 0.1) is 42.1 Å². The third-order valence-electron chi connectivity index (χ3n) is 8.08. The monoisotopic (exact) mass is 476 g/mol. The van der Waals surface area contributed by atoms with E-state index >= 15 is 0 Å². The van der Waals surface area contributed by atoms with Gasteiger partial charge in [0.2, 0.25) is 0 Å². The van der Waals surface area contributed by atoms with Crippen molar-refractivity contribution in [1.29, 1.82) is 0 Å². The minimum absolute atomic E-state index is 0.209. The highest BCUT2D eigenvalue weighted by molar-refractivity contribution is 5.94. The van der Waals surface area contributed by atoms with Gasteiger partial charge in [-0.25, -0.2) is 23.1 Å². The molecule has 0 spiro atoms. The predicted octanol–water partition coefficient (Wildman–Crippen LogP) is 7.25. The van der Waals surface area contributed by atoms with Crippen LogP contribution < -0.4 is 5.32 Å². The summed E-state index contributed by atoms with van der Waals surface area (Å²) in [6.45, 7) is 4.02. The molecule has 2 aromatic heterocycles. The summed E-state index contributed by atoms with van der Waals surface area (Å²) < 4.78 is 42.4. The number of aromatic nitrogens is 3. The van der Waals surface area contributed by atoms with Crippen LogP contribution in [0.5, 0.6) is 0 Å². The van der Waals surface area contributed by atoms with Gasteiger partial charge in [0.25, 0.3) is 0 Å². The number of halogens is 3. The van der Waals surface area contributed by atoms with Crippen molar-refractivity contribution in [2.45, 2.75) is 45.6 Å². The molecular formula is C28H27F3N4. The van der Waals surface area contributed by atoms with Gasteiger partial charge in [-0.1, -0.05) is 6.92 Å². The molecule has 3 saturated carbocycles. The Morgan fingerprint density at radius 3 is 2.43 bits per heavy atom. The first-order valence-corrected chi connectivity index (χ1v) is 12.3. The zero-order valence-corrected chi connectivity index (χ0v) is 19.7. The number of hydrogen-bond donors (Lipinski definition) is 2. The number of H-pyrrole nitrogens is 1. The van der Waals surface area contributed by atoms with Crippen LogP contribution >= 0.6 is 0 Å². The standard InChI is InChI=1S/C28H27F3N4/c1-14-9-18(7-8-22(14)30)24-12-25(34-26-15(2)16-3-5-17(26)6-4-16)35-28(33-24)21-13-32-27-20(21)10-19(29)11-23(27)31/h7-13,15-17,26,32H,3-6H2,1-2H3,(H,33,34,35)/t15-,16?,17?,26+/m1/s1. The molecule has 7 rings (SSSR count). The van der Waals surface area contributed by atoms with E-state index in [0.717, 1.165) is 17.5 Å². The Hall–Kier alpha value is -3.35. The number of nitrogens with zero attached hydrogens (tertiary/aromatic N) is 2. The third kappa shape index (κ3) is 3.87. The van der Waals surface area contributed by atoms with E-state index in [0.29, 0.717) is 51.7 Å². The second-order valence-electron chi connectivity index (χ2n) is 10.1. The lowest BCUT2D eigenvalue weighted by Gasteiger charge is -2.47. The molecule has 0 amide bonds. The first-order valence-electron chi connectivity index (χ1n) is 12.3. The molecule has 3 aliphatic rings. The number of aromatic amines is 1. The Morgan fingerprint density at radius 2 is 1.69 bits per heavy atom. The lowest BCUT2D eigenvalue weighted by molar-refractivity contribution is 0.0928. The molecule has 2 atom stereocenters. The van der Waals surface area contributed by atoms with Gasteiger partial charge in [-0.15, -0.1) is 0 Å². The lowest BCUT2D eigenvalue weighted by atomic mass is 9.62. The first kappa shape index (κ1) is 22.1. The van der Waals surface area contributed by atoms with Crippen LogP contribution in [0.4, 0.5) is 19.0 Å². The average Bonchev–Trinajstić information content (AvgIpc) is 3.27. The molecule has 35 heavy (non-hydrogen) atoms. The van der Waals surface area contributed by atoms with Gasteiger partial charge in [-0.2, -0.15) is 0 Å². The minimum Gasteiger partial charge on any atom is -0.367 e.